The monoisotopic (exact) mass is 423 g/mol. The van der Waals surface area contributed by atoms with Crippen LogP contribution in [0.3, 0.4) is 0 Å². The maximum atomic E-state index is 5.75. The van der Waals surface area contributed by atoms with Gasteiger partial charge in [0.1, 0.15) is 12.4 Å². The van der Waals surface area contributed by atoms with E-state index in [2.05, 4.69) is 70.1 Å². The maximum Gasteiger partial charge on any atom is 0.148 e. The van der Waals surface area contributed by atoms with Gasteiger partial charge in [0, 0.05) is 17.6 Å². The Hall–Kier alpha value is -0.0300. The minimum Gasteiger partial charge on any atom is -0.487 e. The third kappa shape index (κ3) is 6.17. The first-order valence-corrected chi connectivity index (χ1v) is 8.37. The van der Waals surface area contributed by atoms with Crippen LogP contribution in [0.1, 0.15) is 33.3 Å². The molecule has 2 nitrogen and oxygen atoms in total. The summed E-state index contributed by atoms with van der Waals surface area (Å²) in [5.74, 6) is 0.794. The van der Waals surface area contributed by atoms with Crippen molar-refractivity contribution in [1.29, 1.82) is 0 Å². The Bertz CT molecular complexity index is 472. The molecule has 0 unspecified atom stereocenters. The molecule has 1 rings (SSSR count). The molecule has 0 spiro atoms. The summed E-state index contributed by atoms with van der Waals surface area (Å²) in [5.41, 5.74) is 3.79. The van der Waals surface area contributed by atoms with Crippen molar-refractivity contribution in [3.8, 4) is 5.75 Å². The molecule has 1 aromatic rings. The average Bonchev–Trinajstić information content (AvgIpc) is 2.34. The molecule has 0 aliphatic rings. The van der Waals surface area contributed by atoms with Crippen molar-refractivity contribution in [1.82, 2.24) is 5.32 Å². The van der Waals surface area contributed by atoms with Crippen LogP contribution in [0.2, 0.25) is 0 Å². The summed E-state index contributed by atoms with van der Waals surface area (Å²) in [7, 11) is 0. The smallest absolute Gasteiger partial charge is 0.148 e. The van der Waals surface area contributed by atoms with E-state index in [9.17, 15) is 0 Å². The quantitative estimate of drug-likeness (QED) is 0.661. The highest BCUT2D eigenvalue weighted by Crippen LogP contribution is 2.35. The van der Waals surface area contributed by atoms with Crippen LogP contribution in [0, 0.1) is 0 Å². The van der Waals surface area contributed by atoms with Gasteiger partial charge in [-0.1, -0.05) is 11.6 Å². The van der Waals surface area contributed by atoms with E-state index in [1.54, 1.807) is 0 Å². The standard InChI is InChI=1S/C15H20Br2ClNO/c1-10(7-18)9-20-14-12(16)5-11(6-13(14)17)8-19-15(2,3)4/h5-7,19H,8-9H2,1-4H3. The minimum atomic E-state index is 0.0936. The van der Waals surface area contributed by atoms with Crippen molar-refractivity contribution < 1.29 is 4.74 Å². The number of hydrogen-bond acceptors (Lipinski definition) is 2. The summed E-state index contributed by atoms with van der Waals surface area (Å²) in [4.78, 5) is 0. The van der Waals surface area contributed by atoms with Crippen LogP contribution in [0.5, 0.6) is 5.75 Å². The van der Waals surface area contributed by atoms with Crippen LogP contribution >= 0.6 is 43.5 Å². The van der Waals surface area contributed by atoms with E-state index < -0.39 is 0 Å². The second-order valence-electron chi connectivity index (χ2n) is 5.74. The van der Waals surface area contributed by atoms with E-state index in [0.29, 0.717) is 6.61 Å². The van der Waals surface area contributed by atoms with E-state index in [1.165, 1.54) is 11.1 Å². The van der Waals surface area contributed by atoms with Crippen LogP contribution in [0.4, 0.5) is 0 Å². The molecule has 20 heavy (non-hydrogen) atoms. The topological polar surface area (TPSA) is 21.3 Å². The fourth-order valence-electron chi connectivity index (χ4n) is 1.44. The van der Waals surface area contributed by atoms with Gasteiger partial charge in [-0.2, -0.15) is 0 Å². The number of rotatable bonds is 5. The van der Waals surface area contributed by atoms with E-state index in [-0.39, 0.29) is 5.54 Å². The van der Waals surface area contributed by atoms with Crippen LogP contribution in [-0.2, 0) is 6.54 Å². The Morgan fingerprint density at radius 2 is 1.85 bits per heavy atom. The summed E-state index contributed by atoms with van der Waals surface area (Å²) >= 11 is 12.7. The lowest BCUT2D eigenvalue weighted by Crippen LogP contribution is -2.35. The maximum absolute atomic E-state index is 5.75. The first-order chi connectivity index (χ1) is 9.23. The van der Waals surface area contributed by atoms with Gasteiger partial charge in [0.15, 0.2) is 0 Å². The molecule has 0 bridgehead atoms. The number of hydrogen-bond donors (Lipinski definition) is 1. The molecule has 0 aromatic heterocycles. The highest BCUT2D eigenvalue weighted by Gasteiger charge is 2.12. The highest BCUT2D eigenvalue weighted by atomic mass is 79.9. The lowest BCUT2D eigenvalue weighted by molar-refractivity contribution is 0.347. The fraction of sp³-hybridized carbons (Fsp3) is 0.467. The summed E-state index contributed by atoms with van der Waals surface area (Å²) in [6.07, 6.45) is 0. The first kappa shape index (κ1) is 18.0. The molecular formula is C15H20Br2ClNO. The predicted molar refractivity (Wildman–Crippen MR) is 93.5 cm³/mol. The molecule has 0 fully saturated rings. The van der Waals surface area contributed by atoms with E-state index in [4.69, 9.17) is 16.3 Å². The average molecular weight is 426 g/mol. The van der Waals surface area contributed by atoms with Crippen LogP contribution in [0.25, 0.3) is 0 Å². The second kappa shape index (κ2) is 7.83. The molecule has 5 heteroatoms. The number of halogens is 3. The molecule has 0 amide bonds. The van der Waals surface area contributed by atoms with Gasteiger partial charge in [-0.15, -0.1) is 0 Å². The third-order valence-electron chi connectivity index (χ3n) is 2.51. The van der Waals surface area contributed by atoms with Crippen molar-refractivity contribution in [2.75, 3.05) is 6.61 Å². The molecular weight excluding hydrogens is 405 g/mol. The Kier molecular flexibility index (Phi) is 7.06. The van der Waals surface area contributed by atoms with Gasteiger partial charge in [0.05, 0.1) is 8.95 Å². The van der Waals surface area contributed by atoms with Gasteiger partial charge in [-0.05, 0) is 82.8 Å². The minimum absolute atomic E-state index is 0.0936. The van der Waals surface area contributed by atoms with Gasteiger partial charge >= 0.3 is 0 Å². The zero-order valence-corrected chi connectivity index (χ0v) is 16.1. The van der Waals surface area contributed by atoms with Crippen LogP contribution in [0.15, 0.2) is 32.2 Å². The number of ether oxygens (including phenoxy) is 1. The van der Waals surface area contributed by atoms with Crippen LogP contribution in [-0.4, -0.2) is 12.1 Å². The Morgan fingerprint density at radius 1 is 1.30 bits per heavy atom. The summed E-state index contributed by atoms with van der Waals surface area (Å²) in [5, 5.41) is 3.46. The highest BCUT2D eigenvalue weighted by molar-refractivity contribution is 9.11. The molecule has 0 heterocycles. The molecule has 0 aliphatic carbocycles. The number of benzene rings is 1. The lowest BCUT2D eigenvalue weighted by Gasteiger charge is -2.21. The molecule has 112 valence electrons. The molecule has 0 aliphatic heterocycles. The molecule has 0 radical (unpaired) electrons. The molecule has 1 N–H and O–H groups in total. The largest absolute Gasteiger partial charge is 0.487 e. The molecule has 0 saturated heterocycles. The van der Waals surface area contributed by atoms with Gasteiger partial charge in [0.25, 0.3) is 0 Å². The molecule has 0 atom stereocenters. The van der Waals surface area contributed by atoms with Crippen molar-refractivity contribution in [3.63, 3.8) is 0 Å². The van der Waals surface area contributed by atoms with Gasteiger partial charge in [0.2, 0.25) is 0 Å². The van der Waals surface area contributed by atoms with E-state index in [0.717, 1.165) is 26.8 Å². The Balaban J connectivity index is 2.81. The van der Waals surface area contributed by atoms with Gasteiger partial charge in [-0.3, -0.25) is 0 Å². The van der Waals surface area contributed by atoms with Crippen LogP contribution < -0.4 is 10.1 Å². The normalized spacial score (nSPS) is 12.7. The Morgan fingerprint density at radius 3 is 2.30 bits per heavy atom. The SMILES string of the molecule is CC(=CCl)COc1c(Br)cc(CNC(C)(C)C)cc1Br. The summed E-state index contributed by atoms with van der Waals surface area (Å²) < 4.78 is 7.61. The van der Waals surface area contributed by atoms with Crippen molar-refractivity contribution >= 4 is 43.5 Å². The van der Waals surface area contributed by atoms with Crippen molar-refractivity contribution in [2.45, 2.75) is 39.8 Å². The van der Waals surface area contributed by atoms with Crippen molar-refractivity contribution in [2.24, 2.45) is 0 Å². The van der Waals surface area contributed by atoms with Gasteiger partial charge < -0.3 is 10.1 Å². The zero-order chi connectivity index (χ0) is 15.3. The Labute approximate surface area is 143 Å². The summed E-state index contributed by atoms with van der Waals surface area (Å²) in [6, 6.07) is 4.14. The van der Waals surface area contributed by atoms with E-state index >= 15 is 0 Å². The molecule has 1 aromatic carbocycles. The van der Waals surface area contributed by atoms with Crippen molar-refractivity contribution in [3.05, 3.63) is 37.7 Å². The van der Waals surface area contributed by atoms with Gasteiger partial charge in [-0.25, -0.2) is 0 Å². The van der Waals surface area contributed by atoms with E-state index in [1.807, 2.05) is 6.92 Å². The number of nitrogens with one attached hydrogen (secondary N) is 1. The first-order valence-electron chi connectivity index (χ1n) is 6.34. The molecule has 0 saturated carbocycles. The summed E-state index contributed by atoms with van der Waals surface area (Å²) in [6.45, 7) is 9.65. The second-order valence-corrected chi connectivity index (χ2v) is 7.66. The fourth-order valence-corrected chi connectivity index (χ4v) is 3.01. The predicted octanol–water partition coefficient (Wildman–Crippen LogP) is 5.62. The lowest BCUT2D eigenvalue weighted by atomic mass is 10.1. The third-order valence-corrected chi connectivity index (χ3v) is 4.06. The zero-order valence-electron chi connectivity index (χ0n) is 12.2.